The van der Waals surface area contributed by atoms with Crippen molar-refractivity contribution in [1.29, 1.82) is 0 Å². The molecule has 40 heavy (non-hydrogen) atoms. The zero-order valence-corrected chi connectivity index (χ0v) is 22.9. The van der Waals surface area contributed by atoms with Crippen molar-refractivity contribution in [3.05, 3.63) is 84.1 Å². The number of hydrogen-bond donors (Lipinski definition) is 2. The van der Waals surface area contributed by atoms with Crippen LogP contribution in [0.2, 0.25) is 0 Å². The van der Waals surface area contributed by atoms with E-state index < -0.39 is 0 Å². The highest BCUT2D eigenvalue weighted by Gasteiger charge is 2.29. The van der Waals surface area contributed by atoms with Crippen LogP contribution < -0.4 is 10.5 Å². The van der Waals surface area contributed by atoms with Crippen LogP contribution in [0.3, 0.4) is 0 Å². The summed E-state index contributed by atoms with van der Waals surface area (Å²) in [5.41, 5.74) is 9.91. The van der Waals surface area contributed by atoms with Crippen LogP contribution in [0.25, 0.3) is 5.65 Å². The summed E-state index contributed by atoms with van der Waals surface area (Å²) in [4.78, 5) is 33.2. The molecule has 1 fully saturated rings. The van der Waals surface area contributed by atoms with Crippen molar-refractivity contribution in [1.82, 2.24) is 29.4 Å². The van der Waals surface area contributed by atoms with E-state index in [1.807, 2.05) is 79.5 Å². The number of aromatic nitrogens is 4. The Morgan fingerprint density at radius 3 is 2.95 bits per heavy atom. The Labute approximate surface area is 232 Å². The average Bonchev–Trinajstić information content (AvgIpc) is 3.70. The number of carbonyl (C=O) groups excluding carboxylic acids is 1. The van der Waals surface area contributed by atoms with Crippen LogP contribution in [0, 0.1) is 6.92 Å². The maximum atomic E-state index is 12.7. The van der Waals surface area contributed by atoms with E-state index in [0.717, 1.165) is 29.8 Å². The van der Waals surface area contributed by atoms with E-state index in [2.05, 4.69) is 20.1 Å². The fraction of sp³-hybridized carbons (Fsp3) is 0.276. The monoisotopic (exact) mass is 539 g/mol. The number of pyridine rings is 1. The zero-order chi connectivity index (χ0) is 28.1. The number of amides is 1. The molecule has 1 saturated heterocycles. The van der Waals surface area contributed by atoms with Crippen molar-refractivity contribution in [3.8, 4) is 11.5 Å². The van der Waals surface area contributed by atoms with Crippen molar-refractivity contribution in [2.45, 2.75) is 19.3 Å². The lowest BCUT2D eigenvalue weighted by molar-refractivity contribution is -0.125. The number of ether oxygens (including phenoxy) is 1. The van der Waals surface area contributed by atoms with Crippen molar-refractivity contribution in [2.24, 2.45) is 15.7 Å². The van der Waals surface area contributed by atoms with Gasteiger partial charge in [-0.2, -0.15) is 5.10 Å². The molecule has 1 unspecified atom stereocenters. The lowest BCUT2D eigenvalue weighted by Crippen LogP contribution is -2.27. The number of likely N-dealkylation sites (N-methyl/N-ethyl adjacent to an activating group) is 1. The molecule has 1 aliphatic rings. The number of hydrogen-bond acceptors (Lipinski definition) is 6. The van der Waals surface area contributed by atoms with Gasteiger partial charge in [0.05, 0.1) is 17.7 Å². The van der Waals surface area contributed by atoms with Gasteiger partial charge in [0.2, 0.25) is 5.91 Å². The Morgan fingerprint density at radius 2 is 2.15 bits per heavy atom. The number of aromatic amines is 1. The first kappa shape index (κ1) is 26.8. The number of aryl methyl sites for hydroxylation is 1. The minimum absolute atomic E-state index is 0.0365. The molecule has 5 rings (SSSR count). The number of amidine groups is 1. The molecule has 0 bridgehead atoms. The Bertz CT molecular complexity index is 1580. The number of nitrogens with zero attached hydrogens (tertiary/aromatic N) is 7. The maximum Gasteiger partial charge on any atom is 0.246 e. The summed E-state index contributed by atoms with van der Waals surface area (Å²) in [5.74, 6) is 2.06. The highest BCUT2D eigenvalue weighted by molar-refractivity contribution is 6.04. The molecule has 0 saturated carbocycles. The van der Waals surface area contributed by atoms with E-state index in [-0.39, 0.29) is 11.8 Å². The molecule has 11 heteroatoms. The maximum absolute atomic E-state index is 12.7. The van der Waals surface area contributed by atoms with E-state index in [1.54, 1.807) is 16.8 Å². The number of nitrogens with one attached hydrogen (secondary N) is 1. The number of H-pyrrole nitrogens is 1. The van der Waals surface area contributed by atoms with Crippen LogP contribution in [-0.2, 0) is 4.79 Å². The summed E-state index contributed by atoms with van der Waals surface area (Å²) in [5, 5.41) is 4.11. The van der Waals surface area contributed by atoms with Gasteiger partial charge in [-0.25, -0.2) is 19.5 Å². The average molecular weight is 540 g/mol. The van der Waals surface area contributed by atoms with E-state index in [1.165, 1.54) is 12.7 Å². The van der Waals surface area contributed by atoms with Crippen molar-refractivity contribution in [2.75, 3.05) is 33.7 Å². The lowest BCUT2D eigenvalue weighted by Gasteiger charge is -2.15. The zero-order valence-electron chi connectivity index (χ0n) is 22.9. The molecule has 1 atom stereocenters. The third-order valence-electron chi connectivity index (χ3n) is 6.74. The summed E-state index contributed by atoms with van der Waals surface area (Å²) < 4.78 is 7.77. The first-order chi connectivity index (χ1) is 19.4. The van der Waals surface area contributed by atoms with Gasteiger partial charge in [0.15, 0.2) is 11.5 Å². The van der Waals surface area contributed by atoms with Crippen LogP contribution in [0.15, 0.2) is 77.3 Å². The number of rotatable bonds is 8. The fourth-order valence-corrected chi connectivity index (χ4v) is 4.75. The first-order valence-corrected chi connectivity index (χ1v) is 13.1. The van der Waals surface area contributed by atoms with E-state index in [9.17, 15) is 4.79 Å². The molecule has 1 amide bonds. The van der Waals surface area contributed by atoms with Gasteiger partial charge in [0, 0.05) is 50.1 Å². The minimum Gasteiger partial charge on any atom is -0.457 e. The second-order valence-electron chi connectivity index (χ2n) is 9.93. The van der Waals surface area contributed by atoms with Gasteiger partial charge in [0.25, 0.3) is 0 Å². The van der Waals surface area contributed by atoms with E-state index >= 15 is 0 Å². The van der Waals surface area contributed by atoms with Crippen LogP contribution in [0.5, 0.6) is 11.5 Å². The molecule has 1 aliphatic heterocycles. The molecular weight excluding hydrogens is 506 g/mol. The lowest BCUT2D eigenvalue weighted by atomic mass is 9.98. The normalized spacial score (nSPS) is 16.2. The Kier molecular flexibility index (Phi) is 8.02. The van der Waals surface area contributed by atoms with E-state index in [0.29, 0.717) is 41.8 Å². The summed E-state index contributed by atoms with van der Waals surface area (Å²) >= 11 is 0. The molecule has 4 aromatic rings. The highest BCUT2D eigenvalue weighted by atomic mass is 16.5. The number of carbonyl (C=O) groups is 1. The molecule has 1 aromatic carbocycles. The molecule has 0 aliphatic carbocycles. The Hall–Kier alpha value is -4.77. The van der Waals surface area contributed by atoms with Gasteiger partial charge in [-0.15, -0.1) is 0 Å². The molecule has 3 aromatic heterocycles. The van der Waals surface area contributed by atoms with Crippen molar-refractivity contribution < 1.29 is 9.53 Å². The molecule has 4 heterocycles. The summed E-state index contributed by atoms with van der Waals surface area (Å²) in [6, 6.07) is 11.4. The largest absolute Gasteiger partial charge is 0.457 e. The van der Waals surface area contributed by atoms with Gasteiger partial charge in [-0.1, -0.05) is 6.08 Å². The Morgan fingerprint density at radius 1 is 1.27 bits per heavy atom. The molecule has 206 valence electrons. The molecule has 0 radical (unpaired) electrons. The second kappa shape index (κ2) is 12.0. The topological polar surface area (TPSA) is 130 Å². The number of benzene rings is 1. The highest BCUT2D eigenvalue weighted by Crippen LogP contribution is 2.32. The van der Waals surface area contributed by atoms with Gasteiger partial charge < -0.3 is 25.3 Å². The molecule has 3 N–H and O–H groups in total. The number of likely N-dealkylation sites (tertiary alicyclic amines) is 1. The first-order valence-electron chi connectivity index (χ1n) is 13.1. The number of nitrogens with two attached hydrogens (primary N) is 1. The van der Waals surface area contributed by atoms with Gasteiger partial charge in [-0.3, -0.25) is 4.79 Å². The Balaban J connectivity index is 1.33. The molecule has 0 spiro atoms. The molecular formula is C29H33N9O2. The predicted octanol–water partition coefficient (Wildman–Crippen LogP) is 3.66. The van der Waals surface area contributed by atoms with Crippen LogP contribution in [0.4, 0.5) is 5.69 Å². The van der Waals surface area contributed by atoms with Gasteiger partial charge in [-0.05, 0) is 68.9 Å². The van der Waals surface area contributed by atoms with Crippen LogP contribution in [0.1, 0.15) is 29.2 Å². The standard InChI is InChI=1S/C29H33N9O2/c1-20-15-22(6-7-25(20)40-23-10-14-38-26(16-23)33-19-34-38)35-29(32-18-30)28-24(8-11-31-28)21-9-13-37(17-21)27(39)5-4-12-36(2)3/h4-8,10-11,14-16,18-19,21,31H,9,12-13,17H2,1-3H3,(H2,30,32,35)/b5-4+. The van der Waals surface area contributed by atoms with Gasteiger partial charge >= 0.3 is 0 Å². The fourth-order valence-electron chi connectivity index (χ4n) is 4.75. The third kappa shape index (κ3) is 6.10. The van der Waals surface area contributed by atoms with E-state index in [4.69, 9.17) is 15.5 Å². The quantitative estimate of drug-likeness (QED) is 0.200. The summed E-state index contributed by atoms with van der Waals surface area (Å²) in [6.07, 6.45) is 10.8. The third-order valence-corrected chi connectivity index (χ3v) is 6.74. The summed E-state index contributed by atoms with van der Waals surface area (Å²) in [7, 11) is 3.95. The van der Waals surface area contributed by atoms with Gasteiger partial charge in [0.1, 0.15) is 17.8 Å². The van der Waals surface area contributed by atoms with Crippen LogP contribution in [-0.4, -0.2) is 81.2 Å². The second-order valence-corrected chi connectivity index (χ2v) is 9.93. The number of aliphatic imine (C=N–C) groups is 2. The summed E-state index contributed by atoms with van der Waals surface area (Å²) in [6.45, 7) is 4.04. The SMILES string of the molecule is Cc1cc(N=C(N=CN)c2[nH]ccc2C2CCN(C(=O)/C=C/CN(C)C)C2)ccc1Oc1ccn2ncnc2c1. The molecule has 11 nitrogen and oxygen atoms in total. The van der Waals surface area contributed by atoms with Crippen LogP contribution >= 0.6 is 0 Å². The van der Waals surface area contributed by atoms with Crippen molar-refractivity contribution >= 4 is 29.4 Å². The predicted molar refractivity (Wildman–Crippen MR) is 156 cm³/mol. The van der Waals surface area contributed by atoms with Crippen molar-refractivity contribution in [3.63, 3.8) is 0 Å². The smallest absolute Gasteiger partial charge is 0.246 e. The minimum atomic E-state index is 0.0365. The number of fused-ring (bicyclic) bond motifs is 1.